The fourth-order valence-corrected chi connectivity index (χ4v) is 2.13. The number of phenolic OH excluding ortho intramolecular Hbond substituents is 1. The van der Waals surface area contributed by atoms with Crippen LogP contribution in [0.25, 0.3) is 0 Å². The fraction of sp³-hybridized carbons (Fsp3) is 0.143. The standard InChI is InChI=1S/C14H13Cl2NO2/c1-19-14-6-5-9(15)7-12(14)17-8-10-11(16)3-2-4-13(10)18/h2-7,17-18H,8H2,1H3. The zero-order chi connectivity index (χ0) is 13.8. The number of hydrogen-bond donors (Lipinski definition) is 2. The third-order valence-corrected chi connectivity index (χ3v) is 3.30. The molecule has 19 heavy (non-hydrogen) atoms. The van der Waals surface area contributed by atoms with E-state index in [4.69, 9.17) is 27.9 Å². The third-order valence-electron chi connectivity index (χ3n) is 2.71. The van der Waals surface area contributed by atoms with Crippen LogP contribution in [0.15, 0.2) is 36.4 Å². The van der Waals surface area contributed by atoms with Crippen LogP contribution in [0.4, 0.5) is 5.69 Å². The van der Waals surface area contributed by atoms with Crippen LogP contribution in [-0.2, 0) is 6.54 Å². The first-order valence-corrected chi connectivity index (χ1v) is 6.41. The molecular formula is C14H13Cl2NO2. The maximum Gasteiger partial charge on any atom is 0.142 e. The molecule has 0 radical (unpaired) electrons. The van der Waals surface area contributed by atoms with Crippen molar-refractivity contribution in [1.82, 2.24) is 0 Å². The van der Waals surface area contributed by atoms with Crippen molar-refractivity contribution < 1.29 is 9.84 Å². The monoisotopic (exact) mass is 297 g/mol. The summed E-state index contributed by atoms with van der Waals surface area (Å²) in [6.45, 7) is 0.377. The molecule has 0 bridgehead atoms. The second kappa shape index (κ2) is 6.04. The first kappa shape index (κ1) is 13.8. The number of nitrogens with one attached hydrogen (secondary N) is 1. The molecule has 0 aliphatic rings. The minimum atomic E-state index is 0.154. The number of halogens is 2. The van der Waals surface area contributed by atoms with Crippen molar-refractivity contribution in [2.45, 2.75) is 6.54 Å². The van der Waals surface area contributed by atoms with Gasteiger partial charge >= 0.3 is 0 Å². The third kappa shape index (κ3) is 3.25. The molecule has 0 aliphatic heterocycles. The summed E-state index contributed by atoms with van der Waals surface area (Å²) in [5, 5.41) is 14.0. The van der Waals surface area contributed by atoms with Gasteiger partial charge in [0.2, 0.25) is 0 Å². The highest BCUT2D eigenvalue weighted by Crippen LogP contribution is 2.30. The lowest BCUT2D eigenvalue weighted by Crippen LogP contribution is -2.02. The van der Waals surface area contributed by atoms with Crippen molar-refractivity contribution in [3.63, 3.8) is 0 Å². The SMILES string of the molecule is COc1ccc(Cl)cc1NCc1c(O)cccc1Cl. The Morgan fingerprint density at radius 2 is 2.00 bits per heavy atom. The number of phenols is 1. The highest BCUT2D eigenvalue weighted by molar-refractivity contribution is 6.31. The smallest absolute Gasteiger partial charge is 0.142 e. The van der Waals surface area contributed by atoms with E-state index in [1.165, 1.54) is 0 Å². The van der Waals surface area contributed by atoms with E-state index in [1.807, 2.05) is 0 Å². The summed E-state index contributed by atoms with van der Waals surface area (Å²) in [7, 11) is 1.58. The minimum absolute atomic E-state index is 0.154. The van der Waals surface area contributed by atoms with E-state index >= 15 is 0 Å². The number of benzene rings is 2. The highest BCUT2D eigenvalue weighted by Gasteiger charge is 2.08. The van der Waals surface area contributed by atoms with E-state index in [1.54, 1.807) is 43.5 Å². The van der Waals surface area contributed by atoms with Gasteiger partial charge in [0.1, 0.15) is 11.5 Å². The highest BCUT2D eigenvalue weighted by atomic mass is 35.5. The van der Waals surface area contributed by atoms with Crippen molar-refractivity contribution in [2.75, 3.05) is 12.4 Å². The molecular weight excluding hydrogens is 285 g/mol. The van der Waals surface area contributed by atoms with E-state index in [2.05, 4.69) is 5.32 Å². The van der Waals surface area contributed by atoms with Crippen LogP contribution >= 0.6 is 23.2 Å². The van der Waals surface area contributed by atoms with E-state index < -0.39 is 0 Å². The number of ether oxygens (including phenoxy) is 1. The molecule has 3 nitrogen and oxygen atoms in total. The second-order valence-corrected chi connectivity index (χ2v) is 4.78. The Hall–Kier alpha value is -1.58. The summed E-state index contributed by atoms with van der Waals surface area (Å²) in [6.07, 6.45) is 0. The maximum atomic E-state index is 9.77. The van der Waals surface area contributed by atoms with Gasteiger partial charge in [-0.1, -0.05) is 29.3 Å². The fourth-order valence-electron chi connectivity index (χ4n) is 1.72. The summed E-state index contributed by atoms with van der Waals surface area (Å²) in [4.78, 5) is 0. The van der Waals surface area contributed by atoms with Gasteiger partial charge in [-0.25, -0.2) is 0 Å². The average molecular weight is 298 g/mol. The zero-order valence-corrected chi connectivity index (χ0v) is 11.8. The van der Waals surface area contributed by atoms with Gasteiger partial charge in [-0.3, -0.25) is 0 Å². The molecule has 2 aromatic carbocycles. The van der Waals surface area contributed by atoms with Crippen LogP contribution in [0, 0.1) is 0 Å². The minimum Gasteiger partial charge on any atom is -0.508 e. The molecule has 0 unspecified atom stereocenters. The van der Waals surface area contributed by atoms with E-state index in [0.29, 0.717) is 27.9 Å². The Bertz CT molecular complexity index is 567. The summed E-state index contributed by atoms with van der Waals surface area (Å²) in [6, 6.07) is 10.3. The first-order valence-electron chi connectivity index (χ1n) is 5.65. The average Bonchev–Trinajstić information content (AvgIpc) is 2.38. The first-order chi connectivity index (χ1) is 9.11. The number of rotatable bonds is 4. The lowest BCUT2D eigenvalue weighted by Gasteiger charge is -2.13. The molecule has 2 aromatic rings. The van der Waals surface area contributed by atoms with Crippen LogP contribution in [0.1, 0.15) is 5.56 Å². The predicted octanol–water partition coefficient (Wildman–Crippen LogP) is 4.32. The Labute approximate surface area is 121 Å². The molecule has 100 valence electrons. The van der Waals surface area contributed by atoms with Gasteiger partial charge in [-0.2, -0.15) is 0 Å². The van der Waals surface area contributed by atoms with Gasteiger partial charge in [0.25, 0.3) is 0 Å². The van der Waals surface area contributed by atoms with Crippen LogP contribution in [-0.4, -0.2) is 12.2 Å². The van der Waals surface area contributed by atoms with Crippen LogP contribution in [0.3, 0.4) is 0 Å². The van der Waals surface area contributed by atoms with Crippen molar-refractivity contribution in [2.24, 2.45) is 0 Å². The largest absolute Gasteiger partial charge is 0.508 e. The Balaban J connectivity index is 2.21. The quantitative estimate of drug-likeness (QED) is 0.883. The number of anilines is 1. The Morgan fingerprint density at radius 3 is 2.68 bits per heavy atom. The summed E-state index contributed by atoms with van der Waals surface area (Å²) in [5.41, 5.74) is 1.38. The van der Waals surface area contributed by atoms with Crippen molar-refractivity contribution in [1.29, 1.82) is 0 Å². The topological polar surface area (TPSA) is 41.5 Å². The molecule has 0 spiro atoms. The predicted molar refractivity (Wildman–Crippen MR) is 78.4 cm³/mol. The van der Waals surface area contributed by atoms with E-state index in [0.717, 1.165) is 5.69 Å². The summed E-state index contributed by atoms with van der Waals surface area (Å²) in [5.74, 6) is 0.830. The molecule has 0 saturated heterocycles. The molecule has 2 N–H and O–H groups in total. The van der Waals surface area contributed by atoms with Crippen molar-refractivity contribution >= 4 is 28.9 Å². The van der Waals surface area contributed by atoms with Crippen LogP contribution in [0.5, 0.6) is 11.5 Å². The molecule has 5 heteroatoms. The van der Waals surface area contributed by atoms with E-state index in [9.17, 15) is 5.11 Å². The van der Waals surface area contributed by atoms with Gasteiger partial charge in [0.15, 0.2) is 0 Å². The number of hydrogen-bond acceptors (Lipinski definition) is 3. The lowest BCUT2D eigenvalue weighted by atomic mass is 10.2. The zero-order valence-electron chi connectivity index (χ0n) is 10.3. The van der Waals surface area contributed by atoms with Gasteiger partial charge < -0.3 is 15.2 Å². The van der Waals surface area contributed by atoms with Gasteiger partial charge in [0, 0.05) is 22.2 Å². The second-order valence-electron chi connectivity index (χ2n) is 3.94. The van der Waals surface area contributed by atoms with E-state index in [-0.39, 0.29) is 5.75 Å². The molecule has 0 fully saturated rings. The van der Waals surface area contributed by atoms with Crippen molar-refractivity contribution in [3.8, 4) is 11.5 Å². The van der Waals surface area contributed by atoms with Gasteiger partial charge in [-0.05, 0) is 30.3 Å². The summed E-state index contributed by atoms with van der Waals surface area (Å²) < 4.78 is 5.23. The molecule has 0 aromatic heterocycles. The molecule has 0 saturated carbocycles. The molecule has 0 heterocycles. The van der Waals surface area contributed by atoms with Gasteiger partial charge in [-0.15, -0.1) is 0 Å². The van der Waals surface area contributed by atoms with Crippen LogP contribution in [0.2, 0.25) is 10.0 Å². The lowest BCUT2D eigenvalue weighted by molar-refractivity contribution is 0.416. The van der Waals surface area contributed by atoms with Crippen LogP contribution < -0.4 is 10.1 Å². The normalized spacial score (nSPS) is 10.3. The van der Waals surface area contributed by atoms with Crippen molar-refractivity contribution in [3.05, 3.63) is 52.0 Å². The van der Waals surface area contributed by atoms with Gasteiger partial charge in [0.05, 0.1) is 12.8 Å². The summed E-state index contributed by atoms with van der Waals surface area (Å²) >= 11 is 12.0. The molecule has 2 rings (SSSR count). The molecule has 0 aliphatic carbocycles. The maximum absolute atomic E-state index is 9.77. The Morgan fingerprint density at radius 1 is 1.21 bits per heavy atom. The Kier molecular flexibility index (Phi) is 4.40. The number of aromatic hydroxyl groups is 1. The number of methoxy groups -OCH3 is 1. The molecule has 0 atom stereocenters. The molecule has 0 amide bonds.